The van der Waals surface area contributed by atoms with Gasteiger partial charge in [-0.3, -0.25) is 0 Å². The van der Waals surface area contributed by atoms with Gasteiger partial charge in [-0.1, -0.05) is 0 Å². The summed E-state index contributed by atoms with van der Waals surface area (Å²) in [6.07, 6.45) is 0. The van der Waals surface area contributed by atoms with E-state index in [2.05, 4.69) is 34.9 Å². The van der Waals surface area contributed by atoms with Gasteiger partial charge in [0.2, 0.25) is 11.7 Å². The lowest BCUT2D eigenvalue weighted by molar-refractivity contribution is 0.984. The average molecular weight is 227 g/mol. The fraction of sp³-hybridized carbons (Fsp3) is 0.250. The molecule has 3 rings (SSSR count). The average Bonchev–Trinajstić information content (AvgIpc) is 2.56. The summed E-state index contributed by atoms with van der Waals surface area (Å²) < 4.78 is 1.79. The Labute approximate surface area is 98.3 Å². The summed E-state index contributed by atoms with van der Waals surface area (Å²) >= 11 is 0. The number of imidazole rings is 1. The van der Waals surface area contributed by atoms with Crippen LogP contribution in [0, 0.1) is 20.8 Å². The molecule has 2 heterocycles. The summed E-state index contributed by atoms with van der Waals surface area (Å²) in [7, 11) is 0. The summed E-state index contributed by atoms with van der Waals surface area (Å²) in [4.78, 5) is 12.9. The van der Waals surface area contributed by atoms with Gasteiger partial charge in [0.1, 0.15) is 5.82 Å². The lowest BCUT2D eigenvalue weighted by atomic mass is 10.1. The number of nitrogens with two attached hydrogens (primary N) is 1. The molecule has 0 aliphatic heterocycles. The Morgan fingerprint density at radius 1 is 1.00 bits per heavy atom. The third-order valence-electron chi connectivity index (χ3n) is 3.02. The molecule has 5 nitrogen and oxygen atoms in total. The number of hydrogen-bond donors (Lipinski definition) is 1. The van der Waals surface area contributed by atoms with Crippen LogP contribution in [0.5, 0.6) is 0 Å². The minimum atomic E-state index is 0.429. The predicted octanol–water partition coefficient (Wildman–Crippen LogP) is 1.78. The smallest absolute Gasteiger partial charge is 0.239 e. The van der Waals surface area contributed by atoms with Crippen molar-refractivity contribution < 1.29 is 0 Å². The maximum Gasteiger partial charge on any atom is 0.239 e. The van der Waals surface area contributed by atoms with Crippen LogP contribution in [-0.4, -0.2) is 19.4 Å². The van der Waals surface area contributed by atoms with E-state index in [-0.39, 0.29) is 0 Å². The first-order chi connectivity index (χ1) is 8.06. The second-order valence-electron chi connectivity index (χ2n) is 4.30. The highest BCUT2D eigenvalue weighted by atomic mass is 15.2. The molecule has 0 radical (unpaired) electrons. The molecule has 0 bridgehead atoms. The number of benzene rings is 1. The fourth-order valence-electron chi connectivity index (χ4n) is 2.01. The summed E-state index contributed by atoms with van der Waals surface area (Å²) in [6.45, 7) is 5.95. The first-order valence-corrected chi connectivity index (χ1v) is 5.46. The molecular weight excluding hydrogens is 214 g/mol. The van der Waals surface area contributed by atoms with E-state index in [1.165, 1.54) is 11.1 Å². The molecule has 0 atom stereocenters. The molecule has 17 heavy (non-hydrogen) atoms. The van der Waals surface area contributed by atoms with Crippen LogP contribution in [0.15, 0.2) is 12.1 Å². The van der Waals surface area contributed by atoms with E-state index in [0.717, 1.165) is 11.0 Å². The SMILES string of the molecule is Cc1nc(N)n2c(n1)nc1cc(C)c(C)cc12. The van der Waals surface area contributed by atoms with E-state index in [4.69, 9.17) is 5.73 Å². The highest BCUT2D eigenvalue weighted by Gasteiger charge is 2.10. The Morgan fingerprint density at radius 3 is 2.47 bits per heavy atom. The number of nitrogens with zero attached hydrogens (tertiary/aromatic N) is 4. The van der Waals surface area contributed by atoms with E-state index < -0.39 is 0 Å². The highest BCUT2D eigenvalue weighted by molar-refractivity contribution is 5.82. The molecule has 3 aromatic rings. The van der Waals surface area contributed by atoms with Crippen molar-refractivity contribution in [3.05, 3.63) is 29.1 Å². The van der Waals surface area contributed by atoms with E-state index >= 15 is 0 Å². The second kappa shape index (κ2) is 3.16. The van der Waals surface area contributed by atoms with Crippen LogP contribution in [0.3, 0.4) is 0 Å². The number of fused-ring (bicyclic) bond motifs is 3. The zero-order valence-corrected chi connectivity index (χ0v) is 10.0. The van der Waals surface area contributed by atoms with Crippen LogP contribution in [0.25, 0.3) is 16.8 Å². The molecule has 5 heteroatoms. The Morgan fingerprint density at radius 2 is 1.71 bits per heavy atom. The van der Waals surface area contributed by atoms with Crippen molar-refractivity contribution in [3.63, 3.8) is 0 Å². The number of nitrogen functional groups attached to an aromatic ring is 1. The van der Waals surface area contributed by atoms with Gasteiger partial charge in [0.05, 0.1) is 11.0 Å². The van der Waals surface area contributed by atoms with Crippen LogP contribution in [0.1, 0.15) is 17.0 Å². The zero-order valence-electron chi connectivity index (χ0n) is 10.0. The Hall–Kier alpha value is -2.17. The monoisotopic (exact) mass is 227 g/mol. The van der Waals surface area contributed by atoms with Crippen LogP contribution in [-0.2, 0) is 0 Å². The topological polar surface area (TPSA) is 69.1 Å². The number of rotatable bonds is 0. The number of anilines is 1. The van der Waals surface area contributed by atoms with Gasteiger partial charge in [0.15, 0.2) is 0 Å². The first kappa shape index (κ1) is 10.0. The second-order valence-corrected chi connectivity index (χ2v) is 4.30. The van der Waals surface area contributed by atoms with Crippen LogP contribution >= 0.6 is 0 Å². The largest absolute Gasteiger partial charge is 0.369 e. The van der Waals surface area contributed by atoms with Crippen molar-refractivity contribution >= 4 is 22.8 Å². The molecule has 0 unspecified atom stereocenters. The number of hydrogen-bond acceptors (Lipinski definition) is 4. The van der Waals surface area contributed by atoms with Crippen molar-refractivity contribution in [3.8, 4) is 0 Å². The summed E-state index contributed by atoms with van der Waals surface area (Å²) in [5, 5.41) is 0. The molecule has 0 amide bonds. The van der Waals surface area contributed by atoms with E-state index in [9.17, 15) is 0 Å². The Bertz CT molecular complexity index is 742. The highest BCUT2D eigenvalue weighted by Crippen LogP contribution is 2.21. The third-order valence-corrected chi connectivity index (χ3v) is 3.02. The molecule has 2 aromatic heterocycles. The van der Waals surface area contributed by atoms with Gasteiger partial charge in [0, 0.05) is 0 Å². The molecule has 86 valence electrons. The molecule has 0 spiro atoms. The van der Waals surface area contributed by atoms with Gasteiger partial charge in [-0.25, -0.2) is 9.38 Å². The van der Waals surface area contributed by atoms with Gasteiger partial charge < -0.3 is 5.73 Å². The fourth-order valence-corrected chi connectivity index (χ4v) is 2.01. The maximum atomic E-state index is 5.93. The Kier molecular flexibility index (Phi) is 1.86. The zero-order chi connectivity index (χ0) is 12.2. The lowest BCUT2D eigenvalue weighted by Crippen LogP contribution is -2.04. The standard InChI is InChI=1S/C12H13N5/c1-6-4-9-10(5-7(6)2)17-11(13)14-8(3)15-12(17)16-9/h4-5H,1-3H3,(H2,13,14,15,16). The number of aromatic nitrogens is 4. The van der Waals surface area contributed by atoms with Gasteiger partial charge in [-0.05, 0) is 44.0 Å². The molecule has 1 aromatic carbocycles. The van der Waals surface area contributed by atoms with Crippen LogP contribution < -0.4 is 5.73 Å². The molecule has 0 fully saturated rings. The van der Waals surface area contributed by atoms with E-state index in [1.54, 1.807) is 4.40 Å². The van der Waals surface area contributed by atoms with Crippen molar-refractivity contribution in [2.75, 3.05) is 5.73 Å². The molecule has 0 aliphatic carbocycles. The predicted molar refractivity (Wildman–Crippen MR) is 66.9 cm³/mol. The van der Waals surface area contributed by atoms with Crippen molar-refractivity contribution in [2.45, 2.75) is 20.8 Å². The van der Waals surface area contributed by atoms with Gasteiger partial charge in [-0.15, -0.1) is 0 Å². The molecule has 2 N–H and O–H groups in total. The van der Waals surface area contributed by atoms with Crippen LogP contribution in [0.4, 0.5) is 5.95 Å². The third kappa shape index (κ3) is 1.35. The lowest BCUT2D eigenvalue weighted by Gasteiger charge is -2.02. The summed E-state index contributed by atoms with van der Waals surface area (Å²) in [5.41, 5.74) is 10.2. The molecule has 0 saturated heterocycles. The van der Waals surface area contributed by atoms with Crippen molar-refractivity contribution in [1.29, 1.82) is 0 Å². The Balaban J connectivity index is 2.56. The van der Waals surface area contributed by atoms with E-state index in [1.807, 2.05) is 13.0 Å². The summed E-state index contributed by atoms with van der Waals surface area (Å²) in [5.74, 6) is 1.67. The quantitative estimate of drug-likeness (QED) is 0.635. The van der Waals surface area contributed by atoms with Gasteiger partial charge in [0.25, 0.3) is 0 Å². The van der Waals surface area contributed by atoms with Gasteiger partial charge in [-0.2, -0.15) is 9.97 Å². The molecule has 0 aliphatic rings. The van der Waals surface area contributed by atoms with Crippen molar-refractivity contribution in [1.82, 2.24) is 19.4 Å². The number of aryl methyl sites for hydroxylation is 3. The van der Waals surface area contributed by atoms with E-state index in [0.29, 0.717) is 17.6 Å². The summed E-state index contributed by atoms with van der Waals surface area (Å²) in [6, 6.07) is 4.12. The van der Waals surface area contributed by atoms with Crippen LogP contribution in [0.2, 0.25) is 0 Å². The minimum absolute atomic E-state index is 0.429. The minimum Gasteiger partial charge on any atom is -0.369 e. The molecular formula is C12H13N5. The molecule has 0 saturated carbocycles. The first-order valence-electron chi connectivity index (χ1n) is 5.46. The van der Waals surface area contributed by atoms with Crippen molar-refractivity contribution in [2.24, 2.45) is 0 Å². The normalized spacial score (nSPS) is 11.5. The maximum absolute atomic E-state index is 5.93. The van der Waals surface area contributed by atoms with Gasteiger partial charge >= 0.3 is 0 Å².